The van der Waals surface area contributed by atoms with Crippen molar-refractivity contribution in [2.45, 2.75) is 6.61 Å². The average Bonchev–Trinajstić information content (AvgIpc) is 3.43. The third kappa shape index (κ3) is 8.03. The maximum absolute atomic E-state index is 12.7. The number of carbonyl (C=O) groups is 1. The quantitative estimate of drug-likeness (QED) is 0.0883. The van der Waals surface area contributed by atoms with E-state index in [0.717, 1.165) is 41.2 Å². The second-order valence-corrected chi connectivity index (χ2v) is 12.9. The van der Waals surface area contributed by atoms with Gasteiger partial charge in [0.2, 0.25) is 0 Å². The molecule has 0 aliphatic rings. The standard InChI is InChI=1S/C30H19BrCl3IN4O2S/c31-24-11-17(12-26(35)28(24)41-15-20-5-6-22(33)13-25(20)34)14-36-39-29(40)19-3-1-18(2-4-19)27-16-42-30(38-27)37-23-9-7-21(32)8-10-23/h1-14,16H,15H2,(H,37,38)(H,39,40)/b36-14-. The predicted octanol–water partition coefficient (Wildman–Crippen LogP) is 10.2. The number of nitrogens with one attached hydrogen (secondary N) is 2. The molecule has 0 bridgehead atoms. The number of thiazole rings is 1. The zero-order valence-electron chi connectivity index (χ0n) is 21.4. The molecule has 6 nitrogen and oxygen atoms in total. The molecule has 2 N–H and O–H groups in total. The molecule has 0 aliphatic carbocycles. The molecule has 0 saturated heterocycles. The lowest BCUT2D eigenvalue weighted by Crippen LogP contribution is -2.17. The summed E-state index contributed by atoms with van der Waals surface area (Å²) in [6.07, 6.45) is 1.57. The minimum Gasteiger partial charge on any atom is -0.487 e. The minimum absolute atomic E-state index is 0.289. The number of halogens is 5. The van der Waals surface area contributed by atoms with Crippen LogP contribution in [0, 0.1) is 3.57 Å². The number of amides is 1. The number of anilines is 2. The van der Waals surface area contributed by atoms with Crippen LogP contribution in [0.15, 0.2) is 93.8 Å². The Morgan fingerprint density at radius 1 is 1.00 bits per heavy atom. The zero-order valence-corrected chi connectivity index (χ0v) is 28.2. The molecule has 0 saturated carbocycles. The van der Waals surface area contributed by atoms with Crippen molar-refractivity contribution in [1.82, 2.24) is 10.4 Å². The summed E-state index contributed by atoms with van der Waals surface area (Å²) >= 11 is 25.4. The number of benzene rings is 4. The van der Waals surface area contributed by atoms with Crippen LogP contribution in [0.5, 0.6) is 5.75 Å². The molecule has 1 amide bonds. The maximum Gasteiger partial charge on any atom is 0.271 e. The number of aromatic nitrogens is 1. The molecule has 0 aliphatic heterocycles. The van der Waals surface area contributed by atoms with E-state index < -0.39 is 0 Å². The number of ether oxygens (including phenoxy) is 1. The summed E-state index contributed by atoms with van der Waals surface area (Å²) in [4.78, 5) is 17.3. The molecule has 212 valence electrons. The molecular weight excluding hydrogens is 794 g/mol. The topological polar surface area (TPSA) is 75.6 Å². The summed E-state index contributed by atoms with van der Waals surface area (Å²) in [6.45, 7) is 0.289. The highest BCUT2D eigenvalue weighted by Gasteiger charge is 2.11. The molecule has 0 atom stereocenters. The van der Waals surface area contributed by atoms with Crippen molar-refractivity contribution in [2.75, 3.05) is 5.32 Å². The fourth-order valence-electron chi connectivity index (χ4n) is 3.72. The third-order valence-electron chi connectivity index (χ3n) is 5.83. The van der Waals surface area contributed by atoms with Crippen molar-refractivity contribution in [2.24, 2.45) is 5.10 Å². The summed E-state index contributed by atoms with van der Waals surface area (Å²) < 4.78 is 7.61. The normalized spacial score (nSPS) is 11.1. The Kier molecular flexibility index (Phi) is 10.4. The Bertz CT molecular complexity index is 1740. The van der Waals surface area contributed by atoms with Gasteiger partial charge >= 0.3 is 0 Å². The van der Waals surface area contributed by atoms with Crippen molar-refractivity contribution in [1.29, 1.82) is 0 Å². The van der Waals surface area contributed by atoms with Crippen molar-refractivity contribution >= 4 is 108 Å². The number of rotatable bonds is 9. The molecule has 0 unspecified atom stereocenters. The van der Waals surface area contributed by atoms with E-state index in [1.165, 1.54) is 11.3 Å². The van der Waals surface area contributed by atoms with E-state index in [4.69, 9.17) is 39.5 Å². The lowest BCUT2D eigenvalue weighted by atomic mass is 10.1. The van der Waals surface area contributed by atoms with Gasteiger partial charge in [-0.15, -0.1) is 11.3 Å². The van der Waals surface area contributed by atoms with Crippen LogP contribution in [-0.2, 0) is 6.61 Å². The van der Waals surface area contributed by atoms with Gasteiger partial charge in [0.05, 0.1) is 20.0 Å². The highest BCUT2D eigenvalue weighted by atomic mass is 127. The number of hydrogen-bond donors (Lipinski definition) is 2. The fraction of sp³-hybridized carbons (Fsp3) is 0.0333. The second kappa shape index (κ2) is 14.2. The highest BCUT2D eigenvalue weighted by Crippen LogP contribution is 2.33. The van der Waals surface area contributed by atoms with E-state index in [9.17, 15) is 4.79 Å². The Hall–Kier alpha value is -2.67. The van der Waals surface area contributed by atoms with Gasteiger partial charge in [-0.3, -0.25) is 4.79 Å². The van der Waals surface area contributed by atoms with Crippen molar-refractivity contribution in [3.05, 3.63) is 124 Å². The van der Waals surface area contributed by atoms with Gasteiger partial charge in [0, 0.05) is 42.8 Å². The molecule has 42 heavy (non-hydrogen) atoms. The summed E-state index contributed by atoms with van der Waals surface area (Å²) in [6, 6.07) is 23.7. The van der Waals surface area contributed by atoms with Gasteiger partial charge in [-0.2, -0.15) is 5.10 Å². The van der Waals surface area contributed by atoms with Crippen LogP contribution in [-0.4, -0.2) is 17.1 Å². The van der Waals surface area contributed by atoms with Crippen LogP contribution in [0.1, 0.15) is 21.5 Å². The van der Waals surface area contributed by atoms with Crippen LogP contribution in [0.2, 0.25) is 15.1 Å². The summed E-state index contributed by atoms with van der Waals surface area (Å²) in [7, 11) is 0. The van der Waals surface area contributed by atoms with Gasteiger partial charge in [-0.05, 0) is 105 Å². The van der Waals surface area contributed by atoms with Crippen LogP contribution in [0.3, 0.4) is 0 Å². The maximum atomic E-state index is 12.7. The van der Waals surface area contributed by atoms with E-state index >= 15 is 0 Å². The smallest absolute Gasteiger partial charge is 0.271 e. The van der Waals surface area contributed by atoms with Crippen molar-refractivity contribution < 1.29 is 9.53 Å². The monoisotopic (exact) mass is 810 g/mol. The number of nitrogens with zero attached hydrogens (tertiary/aromatic N) is 2. The van der Waals surface area contributed by atoms with Crippen molar-refractivity contribution in [3.8, 4) is 17.0 Å². The van der Waals surface area contributed by atoms with E-state index in [1.807, 2.05) is 60.0 Å². The van der Waals surface area contributed by atoms with Gasteiger partial charge in [0.15, 0.2) is 5.13 Å². The van der Waals surface area contributed by atoms with Gasteiger partial charge in [-0.25, -0.2) is 10.4 Å². The number of hydrazone groups is 1. The first-order valence-electron chi connectivity index (χ1n) is 12.2. The molecular formula is C30H19BrCl3IN4O2S. The van der Waals surface area contributed by atoms with Crippen LogP contribution >= 0.6 is 84.7 Å². The van der Waals surface area contributed by atoms with Crippen LogP contribution < -0.4 is 15.5 Å². The number of carbonyl (C=O) groups excluding carboxylic acids is 1. The summed E-state index contributed by atoms with van der Waals surface area (Å²) in [5, 5.41) is 11.9. The highest BCUT2D eigenvalue weighted by molar-refractivity contribution is 14.1. The molecule has 4 aromatic carbocycles. The van der Waals surface area contributed by atoms with E-state index in [2.05, 4.69) is 59.3 Å². The lowest BCUT2D eigenvalue weighted by Gasteiger charge is -2.12. The molecule has 1 aromatic heterocycles. The minimum atomic E-state index is -0.324. The van der Waals surface area contributed by atoms with Crippen molar-refractivity contribution in [3.63, 3.8) is 0 Å². The Labute approximate surface area is 283 Å². The average molecular weight is 813 g/mol. The van der Waals surface area contributed by atoms with E-state index in [1.54, 1.807) is 30.5 Å². The molecule has 5 aromatic rings. The van der Waals surface area contributed by atoms with Gasteiger partial charge in [-0.1, -0.05) is 53.0 Å². The third-order valence-corrected chi connectivity index (χ3v) is 8.82. The van der Waals surface area contributed by atoms with Gasteiger partial charge in [0.1, 0.15) is 12.4 Å². The van der Waals surface area contributed by atoms with Crippen LogP contribution in [0.25, 0.3) is 11.3 Å². The SMILES string of the molecule is O=C(N/N=C\c1cc(Br)c(OCc2ccc(Cl)cc2Cl)c(I)c1)c1ccc(-c2csc(Nc3ccc(Cl)cc3)n2)cc1. The first-order valence-corrected chi connectivity index (χ1v) is 16.1. The Balaban J connectivity index is 1.17. The molecule has 12 heteroatoms. The first kappa shape index (κ1) is 30.8. The molecule has 0 spiro atoms. The Morgan fingerprint density at radius 2 is 1.74 bits per heavy atom. The molecule has 0 fully saturated rings. The Morgan fingerprint density at radius 3 is 2.45 bits per heavy atom. The second-order valence-electron chi connectivity index (χ2n) is 8.78. The predicted molar refractivity (Wildman–Crippen MR) is 185 cm³/mol. The fourth-order valence-corrected chi connectivity index (χ4v) is 6.82. The molecule has 5 rings (SSSR count). The lowest BCUT2D eigenvalue weighted by molar-refractivity contribution is 0.0955. The molecule has 1 heterocycles. The summed E-state index contributed by atoms with van der Waals surface area (Å²) in [5.74, 6) is 0.352. The zero-order chi connectivity index (χ0) is 29.6. The van der Waals surface area contributed by atoms with Gasteiger partial charge < -0.3 is 10.1 Å². The van der Waals surface area contributed by atoms with Crippen LogP contribution in [0.4, 0.5) is 10.8 Å². The van der Waals surface area contributed by atoms with Gasteiger partial charge in [0.25, 0.3) is 5.91 Å². The largest absolute Gasteiger partial charge is 0.487 e. The van der Waals surface area contributed by atoms with E-state index in [0.29, 0.717) is 26.4 Å². The number of hydrogen-bond acceptors (Lipinski definition) is 6. The molecule has 0 radical (unpaired) electrons. The summed E-state index contributed by atoms with van der Waals surface area (Å²) in [5.41, 5.74) is 7.27. The van der Waals surface area contributed by atoms with E-state index in [-0.39, 0.29) is 12.5 Å². The first-order chi connectivity index (χ1) is 20.2.